The van der Waals surface area contributed by atoms with E-state index in [1.54, 1.807) is 6.92 Å². The van der Waals surface area contributed by atoms with Gasteiger partial charge in [-0.3, -0.25) is 10.2 Å². The van der Waals surface area contributed by atoms with E-state index in [-0.39, 0.29) is 5.92 Å². The molecule has 2 N–H and O–H groups in total. The van der Waals surface area contributed by atoms with Crippen LogP contribution in [0.4, 0.5) is 0 Å². The molecule has 4 heteroatoms. The molecule has 1 saturated heterocycles. The Hall–Kier alpha value is -0.610. The van der Waals surface area contributed by atoms with E-state index in [2.05, 4.69) is 10.4 Å². The maximum absolute atomic E-state index is 10.5. The molecule has 1 unspecified atom stereocenters. The third-order valence-corrected chi connectivity index (χ3v) is 2.40. The molecule has 1 atom stereocenters. The fourth-order valence-corrected chi connectivity index (χ4v) is 1.41. The van der Waals surface area contributed by atoms with Crippen molar-refractivity contribution in [2.24, 2.45) is 5.92 Å². The van der Waals surface area contributed by atoms with Crippen molar-refractivity contribution in [3.05, 3.63) is 0 Å². The summed E-state index contributed by atoms with van der Waals surface area (Å²) in [6.07, 6.45) is 3.73. The molecule has 0 aliphatic carbocycles. The number of hydrazine groups is 1. The van der Waals surface area contributed by atoms with Crippen molar-refractivity contribution >= 4 is 5.97 Å². The van der Waals surface area contributed by atoms with Gasteiger partial charge in [0.05, 0.1) is 5.92 Å². The lowest BCUT2D eigenvalue weighted by molar-refractivity contribution is -0.141. The Balaban J connectivity index is 2.13. The van der Waals surface area contributed by atoms with Gasteiger partial charge in [-0.1, -0.05) is 13.3 Å². The van der Waals surface area contributed by atoms with Gasteiger partial charge in [0.15, 0.2) is 0 Å². The average Bonchev–Trinajstić information content (AvgIpc) is 2.15. The van der Waals surface area contributed by atoms with Gasteiger partial charge in [0.1, 0.15) is 0 Å². The highest BCUT2D eigenvalue weighted by molar-refractivity contribution is 5.69. The number of nitrogens with zero attached hydrogens (tertiary/aromatic N) is 1. The van der Waals surface area contributed by atoms with Gasteiger partial charge in [-0.2, -0.15) is 0 Å². The second kappa shape index (κ2) is 5.19. The van der Waals surface area contributed by atoms with Crippen LogP contribution in [0.2, 0.25) is 0 Å². The topological polar surface area (TPSA) is 52.6 Å². The summed E-state index contributed by atoms with van der Waals surface area (Å²) in [6, 6.07) is 0. The molecule has 0 aromatic rings. The van der Waals surface area contributed by atoms with Crippen LogP contribution in [-0.4, -0.2) is 35.7 Å². The first kappa shape index (κ1) is 10.5. The van der Waals surface area contributed by atoms with Crippen molar-refractivity contribution in [1.82, 2.24) is 10.4 Å². The Morgan fingerprint density at radius 1 is 1.46 bits per heavy atom. The van der Waals surface area contributed by atoms with Crippen molar-refractivity contribution in [2.75, 3.05) is 19.6 Å². The molecule has 1 aliphatic rings. The van der Waals surface area contributed by atoms with Crippen LogP contribution in [0.15, 0.2) is 0 Å². The van der Waals surface area contributed by atoms with Gasteiger partial charge in [0.25, 0.3) is 0 Å². The van der Waals surface area contributed by atoms with Gasteiger partial charge >= 0.3 is 5.97 Å². The molecule has 0 aromatic carbocycles. The monoisotopic (exact) mass is 186 g/mol. The minimum Gasteiger partial charge on any atom is -0.481 e. The number of carbonyl (C=O) groups is 1. The summed E-state index contributed by atoms with van der Waals surface area (Å²) in [4.78, 5) is 10.5. The highest BCUT2D eigenvalue weighted by atomic mass is 16.4. The summed E-state index contributed by atoms with van der Waals surface area (Å²) in [5, 5.41) is 10.8. The normalized spacial score (nSPS) is 21.3. The van der Waals surface area contributed by atoms with E-state index >= 15 is 0 Å². The quantitative estimate of drug-likeness (QED) is 0.678. The van der Waals surface area contributed by atoms with Crippen molar-refractivity contribution in [2.45, 2.75) is 26.2 Å². The molecule has 0 aromatic heterocycles. The molecule has 0 amide bonds. The lowest BCUT2D eigenvalue weighted by Gasteiger charge is -2.27. The molecule has 1 rings (SSSR count). The summed E-state index contributed by atoms with van der Waals surface area (Å²) >= 11 is 0. The van der Waals surface area contributed by atoms with Gasteiger partial charge < -0.3 is 5.11 Å². The molecule has 76 valence electrons. The minimum atomic E-state index is -0.732. The number of hydrogen-bond acceptors (Lipinski definition) is 3. The molecule has 0 bridgehead atoms. The first-order valence-corrected chi connectivity index (χ1v) is 4.91. The van der Waals surface area contributed by atoms with E-state index in [1.807, 2.05) is 0 Å². The van der Waals surface area contributed by atoms with E-state index in [4.69, 9.17) is 5.11 Å². The summed E-state index contributed by atoms with van der Waals surface area (Å²) in [7, 11) is 0. The van der Waals surface area contributed by atoms with E-state index in [1.165, 1.54) is 19.3 Å². The zero-order chi connectivity index (χ0) is 9.68. The van der Waals surface area contributed by atoms with E-state index < -0.39 is 5.97 Å². The van der Waals surface area contributed by atoms with Crippen molar-refractivity contribution < 1.29 is 9.90 Å². The van der Waals surface area contributed by atoms with Crippen LogP contribution in [0.5, 0.6) is 0 Å². The average molecular weight is 186 g/mol. The minimum absolute atomic E-state index is 0.304. The number of rotatable bonds is 4. The number of hydrogen-bond donors (Lipinski definition) is 2. The summed E-state index contributed by atoms with van der Waals surface area (Å²) in [6.45, 7) is 4.35. The van der Waals surface area contributed by atoms with Crippen LogP contribution in [0.3, 0.4) is 0 Å². The number of piperidine rings is 1. The van der Waals surface area contributed by atoms with Gasteiger partial charge in [-0.15, -0.1) is 0 Å². The third-order valence-electron chi connectivity index (χ3n) is 2.40. The van der Waals surface area contributed by atoms with Crippen LogP contribution < -0.4 is 5.43 Å². The van der Waals surface area contributed by atoms with Crippen LogP contribution >= 0.6 is 0 Å². The number of carboxylic acid groups (broad SMARTS) is 1. The Bertz CT molecular complexity index is 167. The number of carboxylic acids is 1. The van der Waals surface area contributed by atoms with Gasteiger partial charge in [-0.05, 0) is 12.8 Å². The predicted molar refractivity (Wildman–Crippen MR) is 50.2 cm³/mol. The zero-order valence-electron chi connectivity index (χ0n) is 8.12. The van der Waals surface area contributed by atoms with Crippen LogP contribution in [-0.2, 0) is 4.79 Å². The predicted octanol–water partition coefficient (Wildman–Crippen LogP) is 0.698. The Kier molecular flexibility index (Phi) is 4.18. The van der Waals surface area contributed by atoms with Crippen LogP contribution in [0, 0.1) is 5.92 Å². The van der Waals surface area contributed by atoms with E-state index in [9.17, 15) is 4.79 Å². The van der Waals surface area contributed by atoms with Crippen molar-refractivity contribution in [3.63, 3.8) is 0 Å². The third kappa shape index (κ3) is 3.74. The fourth-order valence-electron chi connectivity index (χ4n) is 1.41. The lowest BCUT2D eigenvalue weighted by atomic mass is 10.1. The second-order valence-corrected chi connectivity index (χ2v) is 3.65. The lowest BCUT2D eigenvalue weighted by Crippen LogP contribution is -2.44. The van der Waals surface area contributed by atoms with Gasteiger partial charge in [0, 0.05) is 19.6 Å². The molecular formula is C9H18N2O2. The maximum Gasteiger partial charge on any atom is 0.307 e. The molecule has 1 aliphatic heterocycles. The first-order chi connectivity index (χ1) is 6.20. The number of aliphatic carboxylic acids is 1. The van der Waals surface area contributed by atoms with Gasteiger partial charge in [0.2, 0.25) is 0 Å². The van der Waals surface area contributed by atoms with Gasteiger partial charge in [-0.25, -0.2) is 5.01 Å². The summed E-state index contributed by atoms with van der Waals surface area (Å²) < 4.78 is 0. The van der Waals surface area contributed by atoms with Crippen LogP contribution in [0.1, 0.15) is 26.2 Å². The Morgan fingerprint density at radius 2 is 2.08 bits per heavy atom. The molecule has 0 saturated carbocycles. The van der Waals surface area contributed by atoms with Crippen molar-refractivity contribution in [3.8, 4) is 0 Å². The Labute approximate surface area is 78.9 Å². The zero-order valence-corrected chi connectivity index (χ0v) is 8.12. The molecule has 0 spiro atoms. The molecule has 1 fully saturated rings. The Morgan fingerprint density at radius 3 is 2.62 bits per heavy atom. The second-order valence-electron chi connectivity index (χ2n) is 3.65. The standard InChI is InChI=1S/C9H18N2O2/c1-8(9(12)13)7-10-11-5-3-2-4-6-11/h8,10H,2-7H2,1H3,(H,12,13). The summed E-state index contributed by atoms with van der Waals surface area (Å²) in [5.74, 6) is -1.04. The SMILES string of the molecule is CC(CNN1CCCCC1)C(=O)O. The molecule has 4 nitrogen and oxygen atoms in total. The van der Waals surface area contributed by atoms with Crippen molar-refractivity contribution in [1.29, 1.82) is 0 Å². The molecule has 0 radical (unpaired) electrons. The highest BCUT2D eigenvalue weighted by Crippen LogP contribution is 2.06. The summed E-state index contributed by atoms with van der Waals surface area (Å²) in [5.41, 5.74) is 3.16. The molecular weight excluding hydrogens is 168 g/mol. The highest BCUT2D eigenvalue weighted by Gasteiger charge is 2.14. The maximum atomic E-state index is 10.5. The van der Waals surface area contributed by atoms with E-state index in [0.717, 1.165) is 13.1 Å². The molecule has 1 heterocycles. The smallest absolute Gasteiger partial charge is 0.307 e. The fraction of sp³-hybridized carbons (Fsp3) is 0.889. The molecule has 13 heavy (non-hydrogen) atoms. The van der Waals surface area contributed by atoms with Crippen LogP contribution in [0.25, 0.3) is 0 Å². The first-order valence-electron chi connectivity index (χ1n) is 4.91. The largest absolute Gasteiger partial charge is 0.481 e. The van der Waals surface area contributed by atoms with E-state index in [0.29, 0.717) is 6.54 Å². The number of nitrogens with one attached hydrogen (secondary N) is 1.